The highest BCUT2D eigenvalue weighted by atomic mass is 16.1. The van der Waals surface area contributed by atoms with Gasteiger partial charge in [0.15, 0.2) is 5.78 Å². The second-order valence-electron chi connectivity index (χ2n) is 3.20. The average Bonchev–Trinajstić information content (AvgIpc) is 2.30. The van der Waals surface area contributed by atoms with Crippen molar-refractivity contribution >= 4 is 5.78 Å². The van der Waals surface area contributed by atoms with Gasteiger partial charge < -0.3 is 0 Å². The molecule has 0 bridgehead atoms. The SMILES string of the molecule is [N-]=[N+]=NCCCCC(=O)c1ccccc1. The number of ketones is 1. The number of carbonyl (C=O) groups is 1. The fraction of sp³-hybridized carbons (Fsp3) is 0.364. The van der Waals surface area contributed by atoms with Gasteiger partial charge in [-0.05, 0) is 18.4 Å². The number of azide groups is 1. The predicted octanol–water partition coefficient (Wildman–Crippen LogP) is 3.35. The molecule has 0 aliphatic heterocycles. The van der Waals surface area contributed by atoms with Gasteiger partial charge in [0.1, 0.15) is 0 Å². The first kappa shape index (κ1) is 11.3. The maximum atomic E-state index is 11.6. The molecule has 0 atom stereocenters. The summed E-state index contributed by atoms with van der Waals surface area (Å²) in [5.41, 5.74) is 8.80. The van der Waals surface area contributed by atoms with Crippen molar-refractivity contribution in [1.82, 2.24) is 0 Å². The van der Waals surface area contributed by atoms with E-state index < -0.39 is 0 Å². The fourth-order valence-corrected chi connectivity index (χ4v) is 1.28. The molecule has 4 heteroatoms. The van der Waals surface area contributed by atoms with E-state index in [0.29, 0.717) is 13.0 Å². The van der Waals surface area contributed by atoms with Crippen LogP contribution in [-0.4, -0.2) is 12.3 Å². The normalized spacial score (nSPS) is 9.33. The van der Waals surface area contributed by atoms with E-state index >= 15 is 0 Å². The second-order valence-corrected chi connectivity index (χ2v) is 3.20. The molecular formula is C11H13N3O. The maximum absolute atomic E-state index is 11.6. The monoisotopic (exact) mass is 203 g/mol. The summed E-state index contributed by atoms with van der Waals surface area (Å²) >= 11 is 0. The number of benzene rings is 1. The first-order chi connectivity index (χ1) is 7.34. The van der Waals surface area contributed by atoms with Crippen LogP contribution in [0.5, 0.6) is 0 Å². The van der Waals surface area contributed by atoms with Crippen molar-refractivity contribution in [3.63, 3.8) is 0 Å². The number of Topliss-reactive ketones (excluding diaryl/α,β-unsaturated/α-hetero) is 1. The van der Waals surface area contributed by atoms with Gasteiger partial charge in [-0.1, -0.05) is 35.4 Å². The third-order valence-corrected chi connectivity index (χ3v) is 2.07. The van der Waals surface area contributed by atoms with Crippen LogP contribution < -0.4 is 0 Å². The largest absolute Gasteiger partial charge is 0.294 e. The molecule has 1 aromatic rings. The minimum Gasteiger partial charge on any atom is -0.294 e. The molecule has 0 unspecified atom stereocenters. The van der Waals surface area contributed by atoms with Crippen molar-refractivity contribution in [2.45, 2.75) is 19.3 Å². The Morgan fingerprint density at radius 1 is 1.27 bits per heavy atom. The molecule has 0 saturated heterocycles. The van der Waals surface area contributed by atoms with E-state index in [0.717, 1.165) is 18.4 Å². The van der Waals surface area contributed by atoms with Crippen molar-refractivity contribution in [3.8, 4) is 0 Å². The molecule has 0 aromatic heterocycles. The summed E-state index contributed by atoms with van der Waals surface area (Å²) in [6.07, 6.45) is 2.06. The van der Waals surface area contributed by atoms with Gasteiger partial charge >= 0.3 is 0 Å². The summed E-state index contributed by atoms with van der Waals surface area (Å²) in [5, 5.41) is 3.41. The molecule has 0 fully saturated rings. The Morgan fingerprint density at radius 3 is 2.67 bits per heavy atom. The smallest absolute Gasteiger partial charge is 0.162 e. The van der Waals surface area contributed by atoms with E-state index in [9.17, 15) is 4.79 Å². The Balaban J connectivity index is 2.28. The standard InChI is InChI=1S/C11H13N3O/c12-14-13-9-5-4-8-11(15)10-6-2-1-3-7-10/h1-3,6-7H,4-5,8-9H2. The minimum atomic E-state index is 0.150. The molecule has 1 aromatic carbocycles. The Morgan fingerprint density at radius 2 is 2.00 bits per heavy atom. The molecular weight excluding hydrogens is 190 g/mol. The third kappa shape index (κ3) is 4.29. The van der Waals surface area contributed by atoms with E-state index in [1.807, 2.05) is 30.3 Å². The second kappa shape index (κ2) is 6.62. The zero-order valence-corrected chi connectivity index (χ0v) is 8.47. The Labute approximate surface area is 88.6 Å². The number of hydrogen-bond acceptors (Lipinski definition) is 2. The molecule has 0 amide bonds. The molecule has 1 rings (SSSR count). The lowest BCUT2D eigenvalue weighted by atomic mass is 10.1. The molecule has 0 aliphatic carbocycles. The van der Waals surface area contributed by atoms with E-state index in [1.54, 1.807) is 0 Å². The quantitative estimate of drug-likeness (QED) is 0.230. The van der Waals surface area contributed by atoms with Crippen molar-refractivity contribution in [2.75, 3.05) is 6.54 Å². The van der Waals surface area contributed by atoms with Crippen LogP contribution in [0.4, 0.5) is 0 Å². The van der Waals surface area contributed by atoms with Gasteiger partial charge in [0.2, 0.25) is 0 Å². The van der Waals surface area contributed by atoms with Gasteiger partial charge in [-0.3, -0.25) is 4.79 Å². The number of rotatable bonds is 6. The van der Waals surface area contributed by atoms with Crippen LogP contribution in [0.1, 0.15) is 29.6 Å². The Hall–Kier alpha value is -1.80. The summed E-state index contributed by atoms with van der Waals surface area (Å²) in [7, 11) is 0. The summed E-state index contributed by atoms with van der Waals surface area (Å²) in [6, 6.07) is 9.23. The van der Waals surface area contributed by atoms with Crippen molar-refractivity contribution in [1.29, 1.82) is 0 Å². The molecule has 78 valence electrons. The number of unbranched alkanes of at least 4 members (excludes halogenated alkanes) is 1. The summed E-state index contributed by atoms with van der Waals surface area (Å²) < 4.78 is 0. The van der Waals surface area contributed by atoms with Crippen LogP contribution in [0.3, 0.4) is 0 Å². The molecule has 0 N–H and O–H groups in total. The third-order valence-electron chi connectivity index (χ3n) is 2.07. The maximum Gasteiger partial charge on any atom is 0.162 e. The highest BCUT2D eigenvalue weighted by Crippen LogP contribution is 2.06. The van der Waals surface area contributed by atoms with Crippen LogP contribution in [0.15, 0.2) is 35.4 Å². The summed E-state index contributed by atoms with van der Waals surface area (Å²) in [5.74, 6) is 0.150. The average molecular weight is 203 g/mol. The lowest BCUT2D eigenvalue weighted by Gasteiger charge is -1.99. The molecule has 15 heavy (non-hydrogen) atoms. The molecule has 0 heterocycles. The van der Waals surface area contributed by atoms with Crippen molar-refractivity contribution < 1.29 is 4.79 Å². The van der Waals surface area contributed by atoms with Gasteiger partial charge in [-0.15, -0.1) is 0 Å². The first-order valence-corrected chi connectivity index (χ1v) is 4.93. The lowest BCUT2D eigenvalue weighted by Crippen LogP contribution is -1.98. The van der Waals surface area contributed by atoms with Crippen LogP contribution in [0.25, 0.3) is 10.4 Å². The van der Waals surface area contributed by atoms with Crippen molar-refractivity contribution in [3.05, 3.63) is 46.3 Å². The van der Waals surface area contributed by atoms with E-state index in [4.69, 9.17) is 5.53 Å². The van der Waals surface area contributed by atoms with Crippen LogP contribution >= 0.6 is 0 Å². The van der Waals surface area contributed by atoms with Crippen LogP contribution in [-0.2, 0) is 0 Å². The topological polar surface area (TPSA) is 65.8 Å². The highest BCUT2D eigenvalue weighted by Gasteiger charge is 2.03. The highest BCUT2D eigenvalue weighted by molar-refractivity contribution is 5.95. The minimum absolute atomic E-state index is 0.150. The Bertz CT molecular complexity index is 355. The van der Waals surface area contributed by atoms with Gasteiger partial charge in [0.25, 0.3) is 0 Å². The van der Waals surface area contributed by atoms with Gasteiger partial charge in [0, 0.05) is 23.4 Å². The fourth-order valence-electron chi connectivity index (χ4n) is 1.28. The number of nitrogens with zero attached hydrogens (tertiary/aromatic N) is 3. The molecule has 0 saturated carbocycles. The summed E-state index contributed by atoms with van der Waals surface area (Å²) in [4.78, 5) is 14.2. The van der Waals surface area contributed by atoms with E-state index in [1.165, 1.54) is 0 Å². The van der Waals surface area contributed by atoms with Gasteiger partial charge in [-0.2, -0.15) is 0 Å². The zero-order valence-electron chi connectivity index (χ0n) is 8.47. The van der Waals surface area contributed by atoms with Gasteiger partial charge in [0.05, 0.1) is 0 Å². The Kier molecular flexibility index (Phi) is 4.98. The first-order valence-electron chi connectivity index (χ1n) is 4.93. The zero-order chi connectivity index (χ0) is 10.9. The number of hydrogen-bond donors (Lipinski definition) is 0. The van der Waals surface area contributed by atoms with Crippen LogP contribution in [0, 0.1) is 0 Å². The molecule has 0 aliphatic rings. The van der Waals surface area contributed by atoms with E-state index in [2.05, 4.69) is 10.0 Å². The molecule has 0 radical (unpaired) electrons. The lowest BCUT2D eigenvalue weighted by molar-refractivity contribution is 0.0979. The summed E-state index contributed by atoms with van der Waals surface area (Å²) in [6.45, 7) is 0.471. The van der Waals surface area contributed by atoms with Crippen LogP contribution in [0.2, 0.25) is 0 Å². The molecule has 4 nitrogen and oxygen atoms in total. The van der Waals surface area contributed by atoms with E-state index in [-0.39, 0.29) is 5.78 Å². The number of carbonyl (C=O) groups excluding carboxylic acids is 1. The van der Waals surface area contributed by atoms with Gasteiger partial charge in [-0.25, -0.2) is 0 Å². The predicted molar refractivity (Wildman–Crippen MR) is 58.6 cm³/mol. The molecule has 0 spiro atoms. The van der Waals surface area contributed by atoms with Crippen molar-refractivity contribution in [2.24, 2.45) is 5.11 Å².